The maximum absolute atomic E-state index is 13.6. The Labute approximate surface area is 166 Å². The number of nitrogens with one attached hydrogen (secondary N) is 2. The number of hydrogen-bond acceptors (Lipinski definition) is 7. The average molecular weight is 403 g/mol. The third-order valence-corrected chi connectivity index (χ3v) is 4.86. The van der Waals surface area contributed by atoms with Crippen LogP contribution in [0.25, 0.3) is 0 Å². The highest BCUT2D eigenvalue weighted by atomic mass is 19.1. The molecule has 2 aromatic rings. The van der Waals surface area contributed by atoms with Crippen molar-refractivity contribution in [2.45, 2.75) is 37.8 Å². The van der Waals surface area contributed by atoms with Gasteiger partial charge in [-0.25, -0.2) is 14.2 Å². The lowest BCUT2D eigenvalue weighted by molar-refractivity contribution is 0.103. The summed E-state index contributed by atoms with van der Waals surface area (Å²) < 4.78 is 18.7. The van der Waals surface area contributed by atoms with Crippen LogP contribution in [0.15, 0.2) is 24.4 Å². The Morgan fingerprint density at radius 1 is 1.21 bits per heavy atom. The molecule has 9 nitrogen and oxygen atoms in total. The molecule has 0 bridgehead atoms. The number of halogens is 1. The monoisotopic (exact) mass is 403 g/mol. The van der Waals surface area contributed by atoms with Crippen molar-refractivity contribution in [3.63, 3.8) is 0 Å². The third-order valence-electron chi connectivity index (χ3n) is 4.86. The van der Waals surface area contributed by atoms with Crippen LogP contribution in [0.1, 0.15) is 41.6 Å². The number of carbonyl (C=O) groups excluding carboxylic acids is 1. The molecule has 5 N–H and O–H groups in total. The summed E-state index contributed by atoms with van der Waals surface area (Å²) in [4.78, 5) is 31.8. The fourth-order valence-corrected chi connectivity index (χ4v) is 3.38. The highest BCUT2D eigenvalue weighted by Crippen LogP contribution is 2.25. The minimum atomic E-state index is -1.02. The van der Waals surface area contributed by atoms with E-state index in [0.717, 1.165) is 18.9 Å². The Morgan fingerprint density at radius 2 is 1.90 bits per heavy atom. The molecule has 1 heterocycles. The summed E-state index contributed by atoms with van der Waals surface area (Å²) in [5, 5.41) is 14.4. The van der Waals surface area contributed by atoms with E-state index in [2.05, 4.69) is 20.6 Å². The van der Waals surface area contributed by atoms with Gasteiger partial charge in [-0.15, -0.1) is 0 Å². The lowest BCUT2D eigenvalue weighted by atomic mass is 9.91. The number of nitrogens with zero attached hydrogens (tertiary/aromatic N) is 2. The zero-order valence-corrected chi connectivity index (χ0v) is 15.8. The molecule has 1 aliphatic carbocycles. The van der Waals surface area contributed by atoms with Crippen LogP contribution in [0.2, 0.25) is 0 Å². The molecule has 0 unspecified atom stereocenters. The van der Waals surface area contributed by atoms with Gasteiger partial charge in [0.05, 0.1) is 18.2 Å². The van der Waals surface area contributed by atoms with E-state index in [1.165, 1.54) is 25.4 Å². The maximum Gasteiger partial charge on any atom is 0.404 e. The van der Waals surface area contributed by atoms with Crippen molar-refractivity contribution >= 4 is 23.6 Å². The first-order valence-corrected chi connectivity index (χ1v) is 9.14. The fraction of sp³-hybridized carbons (Fsp3) is 0.368. The number of benzene rings is 1. The van der Waals surface area contributed by atoms with Gasteiger partial charge in [0.25, 0.3) is 0 Å². The lowest BCUT2D eigenvalue weighted by Gasteiger charge is -2.28. The van der Waals surface area contributed by atoms with Crippen molar-refractivity contribution in [3.05, 3.63) is 41.3 Å². The van der Waals surface area contributed by atoms with Crippen molar-refractivity contribution in [2.75, 3.05) is 18.2 Å². The van der Waals surface area contributed by atoms with Crippen LogP contribution in [0.4, 0.5) is 21.0 Å². The van der Waals surface area contributed by atoms with E-state index < -0.39 is 17.7 Å². The van der Waals surface area contributed by atoms with Gasteiger partial charge in [-0.05, 0) is 43.9 Å². The minimum Gasteiger partial charge on any atom is -0.496 e. The predicted molar refractivity (Wildman–Crippen MR) is 104 cm³/mol. The second-order valence-electron chi connectivity index (χ2n) is 6.81. The molecule has 0 aliphatic heterocycles. The number of rotatable bonds is 6. The van der Waals surface area contributed by atoms with E-state index >= 15 is 0 Å². The number of carbonyl (C=O) groups is 2. The summed E-state index contributed by atoms with van der Waals surface area (Å²) >= 11 is 0. The maximum atomic E-state index is 13.6. The van der Waals surface area contributed by atoms with Gasteiger partial charge in [-0.3, -0.25) is 4.79 Å². The molecular weight excluding hydrogens is 381 g/mol. The highest BCUT2D eigenvalue weighted by Gasteiger charge is 2.24. The summed E-state index contributed by atoms with van der Waals surface area (Å²) in [6.45, 7) is 0. The first-order valence-electron chi connectivity index (χ1n) is 9.14. The van der Waals surface area contributed by atoms with E-state index in [-0.39, 0.29) is 40.7 Å². The largest absolute Gasteiger partial charge is 0.496 e. The van der Waals surface area contributed by atoms with Gasteiger partial charge >= 0.3 is 6.09 Å². The second-order valence-corrected chi connectivity index (χ2v) is 6.81. The Morgan fingerprint density at radius 3 is 2.52 bits per heavy atom. The normalized spacial score (nSPS) is 18.7. The zero-order chi connectivity index (χ0) is 21.0. The molecule has 0 radical (unpaired) electrons. The van der Waals surface area contributed by atoms with Crippen molar-refractivity contribution in [1.82, 2.24) is 15.3 Å². The Balaban J connectivity index is 1.69. The number of amides is 1. The molecule has 10 heteroatoms. The second kappa shape index (κ2) is 8.72. The molecule has 1 saturated carbocycles. The van der Waals surface area contributed by atoms with Gasteiger partial charge in [-0.1, -0.05) is 0 Å². The third kappa shape index (κ3) is 4.89. The van der Waals surface area contributed by atoms with Crippen LogP contribution in [-0.4, -0.2) is 46.1 Å². The number of aromatic nitrogens is 2. The van der Waals surface area contributed by atoms with E-state index in [0.29, 0.717) is 12.8 Å². The fourth-order valence-electron chi connectivity index (χ4n) is 3.38. The number of ketones is 1. The molecule has 0 saturated heterocycles. The average Bonchev–Trinajstić information content (AvgIpc) is 2.69. The zero-order valence-electron chi connectivity index (χ0n) is 15.8. The van der Waals surface area contributed by atoms with E-state index in [1.54, 1.807) is 0 Å². The first-order chi connectivity index (χ1) is 13.9. The molecule has 29 heavy (non-hydrogen) atoms. The van der Waals surface area contributed by atoms with E-state index in [4.69, 9.17) is 15.6 Å². The van der Waals surface area contributed by atoms with Crippen LogP contribution < -0.4 is 21.1 Å². The lowest BCUT2D eigenvalue weighted by Crippen LogP contribution is -2.39. The first kappa shape index (κ1) is 20.3. The van der Waals surface area contributed by atoms with Gasteiger partial charge in [0.15, 0.2) is 0 Å². The molecular formula is C19H22FN5O4. The van der Waals surface area contributed by atoms with Gasteiger partial charge in [0.2, 0.25) is 11.7 Å². The molecule has 1 aromatic heterocycles. The van der Waals surface area contributed by atoms with Crippen molar-refractivity contribution in [2.24, 2.45) is 0 Å². The van der Waals surface area contributed by atoms with Gasteiger partial charge < -0.3 is 26.2 Å². The summed E-state index contributed by atoms with van der Waals surface area (Å²) in [6.07, 6.45) is 3.18. The quantitative estimate of drug-likeness (QED) is 0.539. The summed E-state index contributed by atoms with van der Waals surface area (Å²) in [6, 6.07) is 3.66. The summed E-state index contributed by atoms with van der Waals surface area (Å²) in [5.41, 5.74) is 6.03. The highest BCUT2D eigenvalue weighted by molar-refractivity contribution is 6.13. The molecule has 1 fully saturated rings. The predicted octanol–water partition coefficient (Wildman–Crippen LogP) is 2.43. The number of nitrogens with two attached hydrogens (primary N) is 1. The van der Waals surface area contributed by atoms with Crippen molar-refractivity contribution in [1.29, 1.82) is 0 Å². The van der Waals surface area contributed by atoms with E-state index in [1.807, 2.05) is 0 Å². The molecule has 154 valence electrons. The van der Waals surface area contributed by atoms with Gasteiger partial charge in [0.1, 0.15) is 17.4 Å². The molecule has 0 atom stereocenters. The SMILES string of the molecule is COc1ccc(F)cc1C(=O)c1cnc(NC2CCC(NC(=O)O)CC2)nc1N. The molecule has 1 aliphatic rings. The smallest absolute Gasteiger partial charge is 0.404 e. The minimum absolute atomic E-state index is 0.0277. The number of anilines is 2. The number of methoxy groups -OCH3 is 1. The molecule has 0 spiro atoms. The van der Waals surface area contributed by atoms with E-state index in [9.17, 15) is 14.0 Å². The standard InChI is InChI=1S/C19H22FN5O4/c1-29-15-7-2-10(20)8-13(15)16(26)14-9-22-18(25-17(14)21)23-11-3-5-12(6-4-11)24-19(27)28/h2,7-9,11-12,24H,3-6H2,1H3,(H,27,28)(H3,21,22,23,25). The van der Waals surface area contributed by atoms with Crippen molar-refractivity contribution in [3.8, 4) is 5.75 Å². The topological polar surface area (TPSA) is 139 Å². The molecule has 3 rings (SSSR count). The van der Waals surface area contributed by atoms with Gasteiger partial charge in [-0.2, -0.15) is 4.98 Å². The Bertz CT molecular complexity index is 915. The van der Waals surface area contributed by atoms with Crippen LogP contribution in [0.5, 0.6) is 5.75 Å². The Kier molecular flexibility index (Phi) is 6.10. The molecule has 1 aromatic carbocycles. The summed E-state index contributed by atoms with van der Waals surface area (Å²) in [7, 11) is 1.39. The van der Waals surface area contributed by atoms with Crippen LogP contribution in [-0.2, 0) is 0 Å². The summed E-state index contributed by atoms with van der Waals surface area (Å²) in [5.74, 6) is -0.629. The number of carboxylic acid groups (broad SMARTS) is 1. The van der Waals surface area contributed by atoms with Crippen LogP contribution in [0.3, 0.4) is 0 Å². The van der Waals surface area contributed by atoms with Gasteiger partial charge in [0, 0.05) is 18.3 Å². The number of nitrogen functional groups attached to an aromatic ring is 1. The number of ether oxygens (including phenoxy) is 1. The van der Waals surface area contributed by atoms with Crippen molar-refractivity contribution < 1.29 is 23.8 Å². The van der Waals surface area contributed by atoms with Crippen LogP contribution in [0, 0.1) is 5.82 Å². The number of hydrogen-bond donors (Lipinski definition) is 4. The Hall–Kier alpha value is -3.43. The molecule has 1 amide bonds. The van der Waals surface area contributed by atoms with Crippen LogP contribution >= 0.6 is 0 Å².